The fourth-order valence-electron chi connectivity index (χ4n) is 2.26. The second kappa shape index (κ2) is 8.60. The van der Waals surface area contributed by atoms with Gasteiger partial charge in [-0.15, -0.1) is 0 Å². The van der Waals surface area contributed by atoms with Crippen LogP contribution in [0.15, 0.2) is 46.9 Å². The highest BCUT2D eigenvalue weighted by Crippen LogP contribution is 2.26. The first-order chi connectivity index (χ1) is 11.4. The Morgan fingerprint density at radius 2 is 2.00 bits per heavy atom. The van der Waals surface area contributed by atoms with E-state index < -0.39 is 0 Å². The maximum absolute atomic E-state index is 12.3. The highest BCUT2D eigenvalue weighted by atomic mass is 79.9. The van der Waals surface area contributed by atoms with Crippen molar-refractivity contribution in [3.63, 3.8) is 0 Å². The summed E-state index contributed by atoms with van der Waals surface area (Å²) >= 11 is 14.7. The molecule has 6 heteroatoms. The zero-order valence-electron chi connectivity index (χ0n) is 13.4. The molecule has 0 aliphatic rings. The number of benzene rings is 2. The van der Waals surface area contributed by atoms with Crippen LogP contribution in [-0.2, 0) is 0 Å². The van der Waals surface area contributed by atoms with E-state index in [1.165, 1.54) is 0 Å². The van der Waals surface area contributed by atoms with Gasteiger partial charge in [0, 0.05) is 10.2 Å². The van der Waals surface area contributed by atoms with Gasteiger partial charge in [-0.1, -0.05) is 59.6 Å². The number of anilines is 1. The molecule has 0 spiro atoms. The van der Waals surface area contributed by atoms with Crippen molar-refractivity contribution in [3.05, 3.63) is 63.1 Å². The fraction of sp³-hybridized carbons (Fsp3) is 0.222. The lowest BCUT2D eigenvalue weighted by Crippen LogP contribution is -2.34. The number of carbonyl (C=O) groups excluding carboxylic acids is 1. The molecule has 0 heterocycles. The van der Waals surface area contributed by atoms with Crippen LogP contribution in [0.25, 0.3) is 0 Å². The molecule has 0 radical (unpaired) electrons. The Kier molecular flexibility index (Phi) is 6.78. The lowest BCUT2D eigenvalue weighted by Gasteiger charge is -2.17. The van der Waals surface area contributed by atoms with Crippen LogP contribution in [0.1, 0.15) is 42.1 Å². The number of thiocarbonyl (C=S) groups is 1. The van der Waals surface area contributed by atoms with Crippen molar-refractivity contribution < 1.29 is 4.79 Å². The van der Waals surface area contributed by atoms with Gasteiger partial charge >= 0.3 is 0 Å². The molecule has 3 nitrogen and oxygen atoms in total. The molecule has 2 aromatic carbocycles. The number of carbonyl (C=O) groups is 1. The van der Waals surface area contributed by atoms with Crippen molar-refractivity contribution in [2.75, 3.05) is 5.32 Å². The summed E-state index contributed by atoms with van der Waals surface area (Å²) in [6, 6.07) is 13.0. The summed E-state index contributed by atoms with van der Waals surface area (Å²) in [7, 11) is 0. The third-order valence-electron chi connectivity index (χ3n) is 3.75. The predicted molar refractivity (Wildman–Crippen MR) is 108 cm³/mol. The van der Waals surface area contributed by atoms with Crippen molar-refractivity contribution in [1.82, 2.24) is 5.32 Å². The number of hydrogen-bond acceptors (Lipinski definition) is 2. The van der Waals surface area contributed by atoms with Crippen molar-refractivity contribution in [1.29, 1.82) is 0 Å². The summed E-state index contributed by atoms with van der Waals surface area (Å²) in [5, 5.41) is 6.39. The number of nitrogens with one attached hydrogen (secondary N) is 2. The summed E-state index contributed by atoms with van der Waals surface area (Å²) in [6.45, 7) is 4.29. The quantitative estimate of drug-likeness (QED) is 0.613. The molecule has 126 valence electrons. The van der Waals surface area contributed by atoms with Crippen LogP contribution in [0.3, 0.4) is 0 Å². The summed E-state index contributed by atoms with van der Waals surface area (Å²) < 4.78 is 0.776. The molecule has 0 bridgehead atoms. The zero-order chi connectivity index (χ0) is 17.7. The molecule has 2 rings (SSSR count). The average Bonchev–Trinajstić information content (AvgIpc) is 2.56. The van der Waals surface area contributed by atoms with Gasteiger partial charge in [-0.25, -0.2) is 0 Å². The van der Waals surface area contributed by atoms with E-state index in [4.69, 9.17) is 23.8 Å². The third kappa shape index (κ3) is 4.79. The summed E-state index contributed by atoms with van der Waals surface area (Å²) in [5.41, 5.74) is 2.43. The molecule has 0 aromatic heterocycles. The number of halogens is 2. The van der Waals surface area contributed by atoms with E-state index >= 15 is 0 Å². The van der Waals surface area contributed by atoms with Gasteiger partial charge in [-0.2, -0.15) is 0 Å². The fourth-order valence-corrected chi connectivity index (χ4v) is 3.02. The molecular weight excluding hydrogens is 408 g/mol. The molecule has 0 fully saturated rings. The SMILES string of the molecule is CC[C@H](C)c1ccccc1NC(=S)NC(=O)c1cc(Br)ccc1Cl. The van der Waals surface area contributed by atoms with E-state index in [2.05, 4.69) is 46.5 Å². The van der Waals surface area contributed by atoms with Crippen LogP contribution in [0.5, 0.6) is 0 Å². The van der Waals surface area contributed by atoms with E-state index in [0.717, 1.165) is 22.1 Å². The minimum Gasteiger partial charge on any atom is -0.332 e. The van der Waals surface area contributed by atoms with Crippen LogP contribution in [0, 0.1) is 0 Å². The van der Waals surface area contributed by atoms with Gasteiger partial charge in [0.25, 0.3) is 5.91 Å². The molecular formula is C18H18BrClN2OS. The minimum atomic E-state index is -0.347. The van der Waals surface area contributed by atoms with Gasteiger partial charge < -0.3 is 5.32 Å². The normalized spacial score (nSPS) is 11.7. The third-order valence-corrected chi connectivity index (χ3v) is 4.78. The van der Waals surface area contributed by atoms with E-state index in [1.807, 2.05) is 18.2 Å². The van der Waals surface area contributed by atoms with Gasteiger partial charge in [-0.05, 0) is 54.4 Å². The Morgan fingerprint density at radius 3 is 2.71 bits per heavy atom. The first-order valence-electron chi connectivity index (χ1n) is 7.58. The second-order valence-electron chi connectivity index (χ2n) is 5.43. The Bertz CT molecular complexity index is 766. The average molecular weight is 426 g/mol. The van der Waals surface area contributed by atoms with Crippen LogP contribution in [0.4, 0.5) is 5.69 Å². The maximum Gasteiger partial charge on any atom is 0.258 e. The predicted octanol–water partition coefficient (Wildman–Crippen LogP) is 5.74. The van der Waals surface area contributed by atoms with Crippen molar-refractivity contribution in [3.8, 4) is 0 Å². The van der Waals surface area contributed by atoms with Crippen LogP contribution in [-0.4, -0.2) is 11.0 Å². The second-order valence-corrected chi connectivity index (χ2v) is 7.16. The van der Waals surface area contributed by atoms with E-state index in [1.54, 1.807) is 18.2 Å². The molecule has 0 aliphatic heterocycles. The standard InChI is InChI=1S/C18H18BrClN2OS/c1-3-11(2)13-6-4-5-7-16(13)21-18(24)22-17(23)14-10-12(19)8-9-15(14)20/h4-11H,3H2,1-2H3,(H2,21,22,23,24)/t11-/m0/s1. The van der Waals surface area contributed by atoms with Crippen LogP contribution < -0.4 is 10.6 Å². The largest absolute Gasteiger partial charge is 0.332 e. The molecule has 0 saturated carbocycles. The smallest absolute Gasteiger partial charge is 0.258 e. The molecule has 2 aromatic rings. The number of hydrogen-bond donors (Lipinski definition) is 2. The summed E-state index contributed by atoms with van der Waals surface area (Å²) in [5.74, 6) is 0.0477. The Hall–Kier alpha value is -1.43. The van der Waals surface area contributed by atoms with E-state index in [0.29, 0.717) is 16.5 Å². The Morgan fingerprint density at radius 1 is 1.29 bits per heavy atom. The monoisotopic (exact) mass is 424 g/mol. The van der Waals surface area contributed by atoms with Crippen LogP contribution >= 0.6 is 39.7 Å². The maximum atomic E-state index is 12.3. The minimum absolute atomic E-state index is 0.242. The molecule has 0 aliphatic carbocycles. The molecule has 2 N–H and O–H groups in total. The lowest BCUT2D eigenvalue weighted by atomic mass is 9.97. The van der Waals surface area contributed by atoms with Gasteiger partial charge in [0.05, 0.1) is 10.6 Å². The van der Waals surface area contributed by atoms with Crippen molar-refractivity contribution in [2.45, 2.75) is 26.2 Å². The highest BCUT2D eigenvalue weighted by Gasteiger charge is 2.14. The molecule has 24 heavy (non-hydrogen) atoms. The molecule has 0 saturated heterocycles. The van der Waals surface area contributed by atoms with Gasteiger partial charge in [0.15, 0.2) is 5.11 Å². The Balaban J connectivity index is 2.11. The number of para-hydroxylation sites is 1. The van der Waals surface area contributed by atoms with Gasteiger partial charge in [0.2, 0.25) is 0 Å². The van der Waals surface area contributed by atoms with E-state index in [-0.39, 0.29) is 11.0 Å². The first-order valence-corrected chi connectivity index (χ1v) is 9.16. The first kappa shape index (κ1) is 18.9. The van der Waals surface area contributed by atoms with Crippen LogP contribution in [0.2, 0.25) is 5.02 Å². The molecule has 1 atom stereocenters. The van der Waals surface area contributed by atoms with E-state index in [9.17, 15) is 4.79 Å². The Labute approximate surface area is 160 Å². The van der Waals surface area contributed by atoms with Crippen molar-refractivity contribution in [2.24, 2.45) is 0 Å². The topological polar surface area (TPSA) is 41.1 Å². The zero-order valence-corrected chi connectivity index (χ0v) is 16.6. The lowest BCUT2D eigenvalue weighted by molar-refractivity contribution is 0.0978. The number of amides is 1. The van der Waals surface area contributed by atoms with Crippen molar-refractivity contribution >= 4 is 56.5 Å². The highest BCUT2D eigenvalue weighted by molar-refractivity contribution is 9.10. The summed E-state index contributed by atoms with van der Waals surface area (Å²) in [4.78, 5) is 12.3. The molecule has 0 unspecified atom stereocenters. The van der Waals surface area contributed by atoms with Gasteiger partial charge in [0.1, 0.15) is 0 Å². The summed E-state index contributed by atoms with van der Waals surface area (Å²) in [6.07, 6.45) is 1.02. The van der Waals surface area contributed by atoms with Gasteiger partial charge in [-0.3, -0.25) is 10.1 Å². The molecule has 1 amide bonds. The number of rotatable bonds is 4.